The summed E-state index contributed by atoms with van der Waals surface area (Å²) in [7, 11) is 9.72. The number of rotatable bonds is 1. The largest absolute Gasteiger partial charge is 0.168 e. The van der Waals surface area contributed by atoms with E-state index in [0.717, 1.165) is 0 Å². The minimum absolute atomic E-state index is 0.148. The van der Waals surface area contributed by atoms with Crippen molar-refractivity contribution in [2.45, 2.75) is 0 Å². The zero-order chi connectivity index (χ0) is 18.2. The Morgan fingerprint density at radius 3 is 2.00 bits per heavy atom. The molecule has 0 spiro atoms. The predicted octanol–water partition coefficient (Wildman–Crippen LogP) is 8.47. The third-order valence-corrected chi connectivity index (χ3v) is 5.89. The fourth-order valence-electron chi connectivity index (χ4n) is 2.86. The molecule has 26 heavy (non-hydrogen) atoms. The van der Waals surface area contributed by atoms with Gasteiger partial charge in [0.1, 0.15) is 0 Å². The molecule has 0 saturated heterocycles. The minimum Gasteiger partial charge on any atom is -0.168 e. The van der Waals surface area contributed by atoms with Crippen LogP contribution in [0.1, 0.15) is 0 Å². The number of benzene rings is 2. The summed E-state index contributed by atoms with van der Waals surface area (Å²) in [6.07, 6.45) is 0. The first-order chi connectivity index (χ1) is 12.8. The van der Waals surface area contributed by atoms with Crippen molar-refractivity contribution in [1.29, 1.82) is 0 Å². The van der Waals surface area contributed by atoms with Gasteiger partial charge < -0.3 is 0 Å². The van der Waals surface area contributed by atoms with E-state index >= 15 is 0 Å². The Labute approximate surface area is 173 Å². The molecule has 1 heterocycles. The van der Waals surface area contributed by atoms with Gasteiger partial charge >= 0.3 is 37.9 Å². The van der Waals surface area contributed by atoms with Gasteiger partial charge in [-0.1, -0.05) is 29.6 Å². The predicted molar refractivity (Wildman–Crippen MR) is 115 cm³/mol. The van der Waals surface area contributed by atoms with Crippen molar-refractivity contribution in [3.8, 4) is 5.30 Å². The molecule has 0 bridgehead atoms. The van der Waals surface area contributed by atoms with Crippen LogP contribution in [0, 0.1) is 0 Å². The minimum atomic E-state index is -0.826. The van der Waals surface area contributed by atoms with Crippen LogP contribution in [0.15, 0.2) is 103 Å². The van der Waals surface area contributed by atoms with Gasteiger partial charge in [0.05, 0.1) is 0 Å². The molecule has 5 rings (SSSR count). The van der Waals surface area contributed by atoms with Gasteiger partial charge in [-0.25, -0.2) is 0 Å². The summed E-state index contributed by atoms with van der Waals surface area (Å²) in [5.74, 6) is 4.59. The first kappa shape index (κ1) is 19.7. The molecule has 0 N–H and O–H groups in total. The van der Waals surface area contributed by atoms with Gasteiger partial charge in [0.2, 0.25) is 0 Å². The normalized spacial score (nSPS) is 9.77. The molecule has 0 amide bonds. The molecule has 0 aliphatic carbocycles. The number of hydrogen-bond acceptors (Lipinski definition) is 0. The van der Waals surface area contributed by atoms with Crippen molar-refractivity contribution in [2.24, 2.45) is 0 Å². The summed E-state index contributed by atoms with van der Waals surface area (Å²) < 4.78 is 0. The molecule has 0 nitrogen and oxygen atoms in total. The van der Waals surface area contributed by atoms with E-state index in [1.807, 2.05) is 0 Å². The summed E-state index contributed by atoms with van der Waals surface area (Å²) >= 11 is -0.826. The average molecular weight is 474 g/mol. The second-order valence-electron chi connectivity index (χ2n) is 5.66. The second kappa shape index (κ2) is 10.3. The van der Waals surface area contributed by atoms with Crippen LogP contribution in [-0.2, 0) is 20.8 Å². The fourth-order valence-corrected chi connectivity index (χ4v) is 4.45. The Kier molecular flexibility index (Phi) is 7.78. The van der Waals surface area contributed by atoms with Crippen LogP contribution >= 0.6 is 24.6 Å². The molecular formula is C22H17Cl2PZr. The maximum Gasteiger partial charge on any atom is -0.0395 e. The van der Waals surface area contributed by atoms with E-state index in [2.05, 4.69) is 103 Å². The van der Waals surface area contributed by atoms with E-state index in [-0.39, 0.29) is 7.53 Å². The third kappa shape index (κ3) is 5.21. The molecule has 0 fully saturated rings. The van der Waals surface area contributed by atoms with Gasteiger partial charge in [0, 0.05) is 0 Å². The Morgan fingerprint density at radius 1 is 0.731 bits per heavy atom. The van der Waals surface area contributed by atoms with Crippen LogP contribution < -0.4 is 0 Å². The SMILES string of the molecule is [Cl][Zr+2][Cl].c1ccc2[cH-]c(-p3cccc3)cc2c1.c1ccc2[cH-]ccc2c1. The monoisotopic (exact) mass is 472 g/mol. The summed E-state index contributed by atoms with van der Waals surface area (Å²) in [6, 6.07) is 32.1. The maximum absolute atomic E-state index is 4.93. The zero-order valence-corrected chi connectivity index (χ0v) is 18.9. The van der Waals surface area contributed by atoms with Gasteiger partial charge in [0.25, 0.3) is 0 Å². The first-order valence-corrected chi connectivity index (χ1v) is 16.0. The van der Waals surface area contributed by atoms with Crippen LogP contribution in [0.3, 0.4) is 0 Å². The number of hydrogen-bond donors (Lipinski definition) is 0. The van der Waals surface area contributed by atoms with Crippen molar-refractivity contribution < 1.29 is 20.8 Å². The maximum atomic E-state index is 4.93. The zero-order valence-electron chi connectivity index (χ0n) is 14.0. The molecule has 4 heteroatoms. The molecule has 0 saturated carbocycles. The van der Waals surface area contributed by atoms with Gasteiger partial charge in [0.15, 0.2) is 0 Å². The molecule has 0 aliphatic rings. The van der Waals surface area contributed by atoms with E-state index in [4.69, 9.17) is 17.0 Å². The molecule has 4 aromatic carbocycles. The van der Waals surface area contributed by atoms with Crippen molar-refractivity contribution in [3.05, 3.63) is 103 Å². The average Bonchev–Trinajstić information content (AvgIpc) is 3.41. The quantitative estimate of drug-likeness (QED) is 0.214. The van der Waals surface area contributed by atoms with E-state index in [9.17, 15) is 0 Å². The van der Waals surface area contributed by atoms with Crippen LogP contribution in [0.2, 0.25) is 0 Å². The molecule has 0 radical (unpaired) electrons. The second-order valence-corrected chi connectivity index (χ2v) is 11.3. The smallest absolute Gasteiger partial charge is 0.0395 e. The molecule has 0 unspecified atom stereocenters. The molecule has 5 aromatic rings. The summed E-state index contributed by atoms with van der Waals surface area (Å²) in [5, 5.41) is 6.85. The molecule has 0 aliphatic heterocycles. The van der Waals surface area contributed by atoms with Crippen LogP contribution in [0.5, 0.6) is 0 Å². The van der Waals surface area contributed by atoms with Gasteiger partial charge in [-0.15, -0.1) is 72.2 Å². The molecular weight excluding hydrogens is 457 g/mol. The number of fused-ring (bicyclic) bond motifs is 2. The van der Waals surface area contributed by atoms with Gasteiger partial charge in [-0.2, -0.15) is 23.6 Å². The fraction of sp³-hybridized carbons (Fsp3) is 0. The van der Waals surface area contributed by atoms with E-state index in [1.54, 1.807) is 0 Å². The summed E-state index contributed by atoms with van der Waals surface area (Å²) in [6.45, 7) is 0. The van der Waals surface area contributed by atoms with Crippen molar-refractivity contribution in [2.75, 3.05) is 0 Å². The van der Waals surface area contributed by atoms with Crippen LogP contribution in [0.4, 0.5) is 0 Å². The first-order valence-electron chi connectivity index (χ1n) is 8.17. The number of halogens is 2. The topological polar surface area (TPSA) is 0 Å². The Bertz CT molecular complexity index is 981. The summed E-state index contributed by atoms with van der Waals surface area (Å²) in [4.78, 5) is 0. The van der Waals surface area contributed by atoms with Crippen molar-refractivity contribution in [1.82, 2.24) is 0 Å². The third-order valence-electron chi connectivity index (χ3n) is 4.05. The van der Waals surface area contributed by atoms with Crippen molar-refractivity contribution in [3.63, 3.8) is 0 Å². The van der Waals surface area contributed by atoms with Crippen LogP contribution in [-0.4, -0.2) is 0 Å². The Morgan fingerprint density at radius 2 is 1.35 bits per heavy atom. The summed E-state index contributed by atoms with van der Waals surface area (Å²) in [5.41, 5.74) is 0. The van der Waals surface area contributed by atoms with Gasteiger partial charge in [-0.3, -0.25) is 0 Å². The Balaban J connectivity index is 0.000000141. The Hall–Kier alpha value is -1.10. The van der Waals surface area contributed by atoms with E-state index in [0.29, 0.717) is 0 Å². The molecule has 0 atom stereocenters. The van der Waals surface area contributed by atoms with Crippen LogP contribution in [0.25, 0.3) is 26.8 Å². The van der Waals surface area contributed by atoms with Crippen molar-refractivity contribution >= 4 is 46.1 Å². The van der Waals surface area contributed by atoms with E-state index in [1.165, 1.54) is 26.8 Å². The standard InChI is InChI=1S/C13H10P.C9H7.2ClH.Zr/c1-2-6-12-10-13(9-11(12)5-1)14-7-3-4-8-14;1-2-5-9-7-3-6-8(9)4-1;;;/h1-10H;1-7H;2*1H;/q2*-1;;;+4/p-2. The van der Waals surface area contributed by atoms with Gasteiger partial charge in [-0.05, 0) is 11.6 Å². The molecule has 1 aromatic heterocycles. The molecule has 128 valence electrons. The van der Waals surface area contributed by atoms with E-state index < -0.39 is 20.8 Å².